The van der Waals surface area contributed by atoms with Gasteiger partial charge in [0.1, 0.15) is 11.7 Å². The number of benzene rings is 1. The molecule has 178 valence electrons. The molecule has 1 aliphatic heterocycles. The minimum absolute atomic E-state index is 0.229. The Hall–Kier alpha value is -3.09. The van der Waals surface area contributed by atoms with Crippen LogP contribution in [0.25, 0.3) is 0 Å². The summed E-state index contributed by atoms with van der Waals surface area (Å²) in [4.78, 5) is 39.5. The number of ether oxygens (including phenoxy) is 3. The summed E-state index contributed by atoms with van der Waals surface area (Å²) >= 11 is 0. The van der Waals surface area contributed by atoms with Crippen LogP contribution in [-0.2, 0) is 23.9 Å². The van der Waals surface area contributed by atoms with Gasteiger partial charge in [-0.05, 0) is 57.2 Å². The zero-order valence-corrected chi connectivity index (χ0v) is 20.2. The fraction of sp³-hybridized carbons (Fsp3) is 0.500. The zero-order valence-electron chi connectivity index (χ0n) is 20.2. The smallest absolute Gasteiger partial charge is 0.337 e. The molecule has 2 aliphatic rings. The number of hydrogen-bond donors (Lipinski definition) is 1. The van der Waals surface area contributed by atoms with Crippen LogP contribution in [0.4, 0.5) is 0 Å². The molecule has 1 aliphatic carbocycles. The van der Waals surface area contributed by atoms with Crippen LogP contribution in [0.2, 0.25) is 0 Å². The van der Waals surface area contributed by atoms with Crippen LogP contribution in [0, 0.1) is 11.8 Å². The molecule has 0 aromatic heterocycles. The van der Waals surface area contributed by atoms with Crippen LogP contribution in [0.5, 0.6) is 5.75 Å². The summed E-state index contributed by atoms with van der Waals surface area (Å²) < 4.78 is 16.3. The lowest BCUT2D eigenvalue weighted by Crippen LogP contribution is -2.43. The first-order chi connectivity index (χ1) is 15.7. The first kappa shape index (κ1) is 24.6. The molecule has 0 spiro atoms. The number of dihydropyridines is 1. The molecule has 0 saturated carbocycles. The topological polar surface area (TPSA) is 90.9 Å². The van der Waals surface area contributed by atoms with Crippen LogP contribution in [0.15, 0.2) is 46.8 Å². The van der Waals surface area contributed by atoms with Crippen molar-refractivity contribution < 1.29 is 28.6 Å². The van der Waals surface area contributed by atoms with E-state index in [9.17, 15) is 14.4 Å². The van der Waals surface area contributed by atoms with Gasteiger partial charge in [0.2, 0.25) is 0 Å². The number of methoxy groups -OCH3 is 1. The summed E-state index contributed by atoms with van der Waals surface area (Å²) in [5.74, 6) is -2.54. The van der Waals surface area contributed by atoms with Crippen LogP contribution in [0.1, 0.15) is 58.9 Å². The molecule has 0 unspecified atom stereocenters. The number of ketones is 1. The lowest BCUT2D eigenvalue weighted by Gasteiger charge is -2.38. The lowest BCUT2D eigenvalue weighted by molar-refractivity contribution is -0.151. The first-order valence-electron chi connectivity index (χ1n) is 11.5. The fourth-order valence-electron chi connectivity index (χ4n) is 4.56. The van der Waals surface area contributed by atoms with Gasteiger partial charge >= 0.3 is 11.9 Å². The van der Waals surface area contributed by atoms with Gasteiger partial charge in [0.25, 0.3) is 0 Å². The Labute approximate surface area is 195 Å². The second-order valence-corrected chi connectivity index (χ2v) is 8.67. The highest BCUT2D eigenvalue weighted by Crippen LogP contribution is 2.46. The van der Waals surface area contributed by atoms with Gasteiger partial charge in [-0.15, -0.1) is 0 Å². The largest absolute Gasteiger partial charge is 0.494 e. The second-order valence-electron chi connectivity index (χ2n) is 8.67. The Morgan fingerprint density at radius 2 is 1.97 bits per heavy atom. The number of esters is 2. The van der Waals surface area contributed by atoms with E-state index in [-0.39, 0.29) is 17.8 Å². The molecule has 0 fully saturated rings. The van der Waals surface area contributed by atoms with Crippen molar-refractivity contribution in [2.24, 2.45) is 11.8 Å². The summed E-state index contributed by atoms with van der Waals surface area (Å²) in [6.45, 7) is 9.83. The molecule has 7 nitrogen and oxygen atoms in total. The van der Waals surface area contributed by atoms with E-state index in [0.717, 1.165) is 11.3 Å². The first-order valence-corrected chi connectivity index (χ1v) is 11.5. The van der Waals surface area contributed by atoms with E-state index in [0.29, 0.717) is 42.0 Å². The van der Waals surface area contributed by atoms with E-state index in [2.05, 4.69) is 5.32 Å². The molecule has 4 atom stereocenters. The maximum Gasteiger partial charge on any atom is 0.337 e. The van der Waals surface area contributed by atoms with Crippen molar-refractivity contribution in [2.45, 2.75) is 59.5 Å². The highest BCUT2D eigenvalue weighted by atomic mass is 16.5. The summed E-state index contributed by atoms with van der Waals surface area (Å²) in [7, 11) is 1.29. The van der Waals surface area contributed by atoms with E-state index in [4.69, 9.17) is 14.2 Å². The third-order valence-electron chi connectivity index (χ3n) is 6.35. The molecule has 33 heavy (non-hydrogen) atoms. The fourth-order valence-corrected chi connectivity index (χ4v) is 4.56. The van der Waals surface area contributed by atoms with Crippen molar-refractivity contribution in [3.8, 4) is 5.75 Å². The third kappa shape index (κ3) is 4.82. The standard InChI is InChI=1S/C26H33NO6/c1-7-15(4)33-26(30)21-16(5)27-19-12-14(3)20(25(29)31-6)24(28)23(19)22(21)17-10-9-11-18(13-17)32-8-2/h9-11,13-15,20,22,27H,7-8,12H2,1-6H3/t14-,15+,20-,22-/m0/s1. The number of Topliss-reactive ketones (excluding diaryl/α,β-unsaturated/α-hetero) is 1. The zero-order chi connectivity index (χ0) is 24.3. The highest BCUT2D eigenvalue weighted by Gasteiger charge is 2.47. The van der Waals surface area contributed by atoms with Crippen molar-refractivity contribution >= 4 is 17.7 Å². The summed E-state index contributed by atoms with van der Waals surface area (Å²) in [6.07, 6.45) is 0.895. The lowest BCUT2D eigenvalue weighted by atomic mass is 9.69. The predicted molar refractivity (Wildman–Crippen MR) is 123 cm³/mol. The minimum Gasteiger partial charge on any atom is -0.494 e. The van der Waals surface area contributed by atoms with Crippen LogP contribution >= 0.6 is 0 Å². The van der Waals surface area contributed by atoms with E-state index in [1.54, 1.807) is 0 Å². The average molecular weight is 456 g/mol. The average Bonchev–Trinajstić information content (AvgIpc) is 2.78. The molecule has 7 heteroatoms. The predicted octanol–water partition coefficient (Wildman–Crippen LogP) is 4.04. The number of carbonyl (C=O) groups is 3. The molecular formula is C26H33NO6. The number of nitrogens with one attached hydrogen (secondary N) is 1. The van der Waals surface area contributed by atoms with Crippen LogP contribution in [0.3, 0.4) is 0 Å². The maximum absolute atomic E-state index is 13.7. The van der Waals surface area contributed by atoms with Gasteiger partial charge in [-0.1, -0.05) is 26.0 Å². The SMILES string of the molecule is CCOc1cccc([C@H]2C(C(=O)O[C@H](C)CC)=C(C)NC3=C2C(=O)[C@@H](C(=O)OC)[C@@H](C)C3)c1. The summed E-state index contributed by atoms with van der Waals surface area (Å²) in [6, 6.07) is 7.38. The Bertz CT molecular complexity index is 1010. The van der Waals surface area contributed by atoms with Crippen molar-refractivity contribution in [2.75, 3.05) is 13.7 Å². The molecule has 1 aromatic carbocycles. The number of hydrogen-bond acceptors (Lipinski definition) is 7. The van der Waals surface area contributed by atoms with E-state index in [1.165, 1.54) is 7.11 Å². The van der Waals surface area contributed by atoms with Gasteiger partial charge in [0.15, 0.2) is 5.78 Å². The molecule has 0 bridgehead atoms. The molecule has 1 N–H and O–H groups in total. The van der Waals surface area contributed by atoms with E-state index >= 15 is 0 Å². The molecule has 0 amide bonds. The Morgan fingerprint density at radius 1 is 1.24 bits per heavy atom. The minimum atomic E-state index is -0.918. The highest BCUT2D eigenvalue weighted by molar-refractivity contribution is 6.12. The third-order valence-corrected chi connectivity index (χ3v) is 6.35. The van der Waals surface area contributed by atoms with Crippen molar-refractivity contribution in [1.29, 1.82) is 0 Å². The van der Waals surface area contributed by atoms with Crippen molar-refractivity contribution in [3.05, 3.63) is 52.4 Å². The molecule has 0 saturated heterocycles. The van der Waals surface area contributed by atoms with Gasteiger partial charge in [-0.3, -0.25) is 9.59 Å². The van der Waals surface area contributed by atoms with Crippen molar-refractivity contribution in [1.82, 2.24) is 5.32 Å². The molecule has 1 aromatic rings. The van der Waals surface area contributed by atoms with Gasteiger partial charge in [-0.25, -0.2) is 4.79 Å². The van der Waals surface area contributed by atoms with Gasteiger partial charge in [-0.2, -0.15) is 0 Å². The van der Waals surface area contributed by atoms with Gasteiger partial charge in [0, 0.05) is 22.9 Å². The number of rotatable bonds is 7. The summed E-state index contributed by atoms with van der Waals surface area (Å²) in [5.41, 5.74) is 2.90. The number of allylic oxidation sites excluding steroid dienone is 3. The monoisotopic (exact) mass is 455 g/mol. The van der Waals surface area contributed by atoms with Crippen LogP contribution in [-0.4, -0.2) is 37.5 Å². The molecule has 3 rings (SSSR count). The second kappa shape index (κ2) is 10.2. The maximum atomic E-state index is 13.7. The normalized spacial score (nSPS) is 23.5. The quantitative estimate of drug-likeness (QED) is 0.490. The number of carbonyl (C=O) groups excluding carboxylic acids is 3. The molecular weight excluding hydrogens is 422 g/mol. The Morgan fingerprint density at radius 3 is 2.61 bits per heavy atom. The Balaban J connectivity index is 2.17. The van der Waals surface area contributed by atoms with Crippen LogP contribution < -0.4 is 10.1 Å². The molecule has 1 heterocycles. The van der Waals surface area contributed by atoms with E-state index in [1.807, 2.05) is 58.9 Å². The van der Waals surface area contributed by atoms with Crippen molar-refractivity contribution in [3.63, 3.8) is 0 Å². The van der Waals surface area contributed by atoms with E-state index < -0.39 is 23.8 Å². The molecule has 0 radical (unpaired) electrons. The Kier molecular flexibility index (Phi) is 7.61. The summed E-state index contributed by atoms with van der Waals surface area (Å²) in [5, 5.41) is 3.27. The van der Waals surface area contributed by atoms with Gasteiger partial charge < -0.3 is 19.5 Å². The van der Waals surface area contributed by atoms with Gasteiger partial charge in [0.05, 0.1) is 25.4 Å².